The van der Waals surface area contributed by atoms with Crippen LogP contribution in [0.2, 0.25) is 0 Å². The first kappa shape index (κ1) is 12.5. The zero-order valence-electron chi connectivity index (χ0n) is 10.5. The minimum Gasteiger partial charge on any atom is -0.324 e. The van der Waals surface area contributed by atoms with Gasteiger partial charge in [-0.2, -0.15) is 0 Å². The summed E-state index contributed by atoms with van der Waals surface area (Å²) in [6.07, 6.45) is 0.394. The maximum Gasteiger partial charge on any atom is 0.131 e. The molecule has 0 amide bonds. The highest BCUT2D eigenvalue weighted by molar-refractivity contribution is 5.76. The molecule has 0 aliphatic rings. The summed E-state index contributed by atoms with van der Waals surface area (Å²) in [5.74, 6) is 0.120. The maximum absolute atomic E-state index is 11.0. The Bertz CT molecular complexity index is 517. The molecule has 0 saturated carbocycles. The molecule has 92 valence electrons. The van der Waals surface area contributed by atoms with Crippen molar-refractivity contribution in [1.29, 1.82) is 0 Å². The Morgan fingerprint density at radius 3 is 2.11 bits per heavy atom. The number of nitrogens with two attached hydrogens (primary N) is 1. The molecule has 2 N–H and O–H groups in total. The zero-order valence-corrected chi connectivity index (χ0v) is 10.5. The van der Waals surface area contributed by atoms with Crippen molar-refractivity contribution in [1.82, 2.24) is 0 Å². The number of rotatable bonds is 4. The van der Waals surface area contributed by atoms with E-state index in [9.17, 15) is 4.79 Å². The molecule has 0 saturated heterocycles. The molecule has 0 spiro atoms. The first-order chi connectivity index (χ1) is 8.66. The van der Waals surface area contributed by atoms with Crippen molar-refractivity contribution in [3.05, 3.63) is 60.2 Å². The van der Waals surface area contributed by atoms with Gasteiger partial charge in [0.15, 0.2) is 0 Å². The van der Waals surface area contributed by atoms with Crippen LogP contribution >= 0.6 is 0 Å². The molecule has 0 radical (unpaired) electrons. The van der Waals surface area contributed by atoms with Gasteiger partial charge in [-0.25, -0.2) is 0 Å². The lowest BCUT2D eigenvalue weighted by Gasteiger charge is -2.10. The molecule has 0 aliphatic carbocycles. The van der Waals surface area contributed by atoms with Gasteiger partial charge in [-0.05, 0) is 23.6 Å². The number of ketones is 1. The fourth-order valence-corrected chi connectivity index (χ4v) is 1.98. The van der Waals surface area contributed by atoms with E-state index in [0.717, 1.165) is 11.1 Å². The van der Waals surface area contributed by atoms with Gasteiger partial charge in [-0.15, -0.1) is 0 Å². The molecule has 1 unspecified atom stereocenters. The van der Waals surface area contributed by atoms with Gasteiger partial charge < -0.3 is 5.73 Å². The van der Waals surface area contributed by atoms with E-state index < -0.39 is 0 Å². The Hall–Kier alpha value is -1.93. The van der Waals surface area contributed by atoms with Crippen LogP contribution in [0.15, 0.2) is 54.6 Å². The number of benzene rings is 2. The van der Waals surface area contributed by atoms with Crippen LogP contribution in [-0.4, -0.2) is 5.78 Å². The monoisotopic (exact) mass is 239 g/mol. The van der Waals surface area contributed by atoms with Crippen LogP contribution < -0.4 is 5.73 Å². The summed E-state index contributed by atoms with van der Waals surface area (Å²) in [6, 6.07) is 18.1. The smallest absolute Gasteiger partial charge is 0.131 e. The largest absolute Gasteiger partial charge is 0.324 e. The summed E-state index contributed by atoms with van der Waals surface area (Å²) in [7, 11) is 0. The van der Waals surface area contributed by atoms with E-state index >= 15 is 0 Å². The van der Waals surface area contributed by atoms with Crippen molar-refractivity contribution < 1.29 is 4.79 Å². The Morgan fingerprint density at radius 1 is 1.00 bits per heavy atom. The average molecular weight is 239 g/mol. The van der Waals surface area contributed by atoms with Crippen LogP contribution in [0, 0.1) is 0 Å². The van der Waals surface area contributed by atoms with E-state index in [1.807, 2.05) is 42.5 Å². The second-order valence-corrected chi connectivity index (χ2v) is 4.50. The van der Waals surface area contributed by atoms with Crippen molar-refractivity contribution >= 4 is 5.78 Å². The minimum atomic E-state index is -0.202. The standard InChI is InChI=1S/C16H17NO/c1-12(18)11-16(17)15-9-7-14(8-10-15)13-5-3-2-4-6-13/h2-10,16H,11,17H2,1H3. The van der Waals surface area contributed by atoms with E-state index in [1.165, 1.54) is 5.56 Å². The Kier molecular flexibility index (Phi) is 3.90. The second-order valence-electron chi connectivity index (χ2n) is 4.50. The summed E-state index contributed by atoms with van der Waals surface area (Å²) < 4.78 is 0. The summed E-state index contributed by atoms with van der Waals surface area (Å²) in [5, 5.41) is 0. The Balaban J connectivity index is 2.18. The molecule has 2 heteroatoms. The molecule has 2 nitrogen and oxygen atoms in total. The minimum absolute atomic E-state index is 0.120. The number of hydrogen-bond acceptors (Lipinski definition) is 2. The van der Waals surface area contributed by atoms with Crippen molar-refractivity contribution in [2.75, 3.05) is 0 Å². The van der Waals surface area contributed by atoms with Crippen LogP contribution in [0.5, 0.6) is 0 Å². The third kappa shape index (κ3) is 3.05. The Morgan fingerprint density at radius 2 is 1.56 bits per heavy atom. The predicted octanol–water partition coefficient (Wildman–Crippen LogP) is 3.33. The Labute approximate surface area is 107 Å². The zero-order chi connectivity index (χ0) is 13.0. The third-order valence-electron chi connectivity index (χ3n) is 2.95. The van der Waals surface area contributed by atoms with Gasteiger partial charge in [0.1, 0.15) is 5.78 Å². The first-order valence-electron chi connectivity index (χ1n) is 6.07. The van der Waals surface area contributed by atoms with E-state index in [2.05, 4.69) is 12.1 Å². The lowest BCUT2D eigenvalue weighted by atomic mass is 9.99. The van der Waals surface area contributed by atoms with Crippen molar-refractivity contribution in [3.8, 4) is 11.1 Å². The number of carbonyl (C=O) groups is 1. The predicted molar refractivity (Wildman–Crippen MR) is 74.1 cm³/mol. The van der Waals surface area contributed by atoms with Gasteiger partial charge in [0.2, 0.25) is 0 Å². The number of Topliss-reactive ketones (excluding diaryl/α,β-unsaturated/α-hetero) is 1. The number of carbonyl (C=O) groups excluding carboxylic acids is 1. The molecular weight excluding hydrogens is 222 g/mol. The summed E-state index contributed by atoms with van der Waals surface area (Å²) in [5.41, 5.74) is 9.31. The van der Waals surface area contributed by atoms with Crippen LogP contribution in [-0.2, 0) is 4.79 Å². The lowest BCUT2D eigenvalue weighted by molar-refractivity contribution is -0.117. The van der Waals surface area contributed by atoms with Crippen LogP contribution in [0.4, 0.5) is 0 Å². The summed E-state index contributed by atoms with van der Waals surface area (Å²) >= 11 is 0. The molecule has 18 heavy (non-hydrogen) atoms. The average Bonchev–Trinajstić information content (AvgIpc) is 2.39. The fourth-order valence-electron chi connectivity index (χ4n) is 1.98. The summed E-state index contributed by atoms with van der Waals surface area (Å²) in [6.45, 7) is 1.57. The van der Waals surface area contributed by atoms with Gasteiger partial charge in [0.25, 0.3) is 0 Å². The van der Waals surface area contributed by atoms with Crippen LogP contribution in [0.1, 0.15) is 24.9 Å². The van der Waals surface area contributed by atoms with Gasteiger partial charge in [-0.1, -0.05) is 54.6 Å². The molecule has 0 bridgehead atoms. The lowest BCUT2D eigenvalue weighted by Crippen LogP contribution is -2.13. The SMILES string of the molecule is CC(=O)CC(N)c1ccc(-c2ccccc2)cc1. The highest BCUT2D eigenvalue weighted by atomic mass is 16.1. The van der Waals surface area contributed by atoms with Crippen molar-refractivity contribution in [2.24, 2.45) is 5.73 Å². The van der Waals surface area contributed by atoms with Crippen molar-refractivity contribution in [2.45, 2.75) is 19.4 Å². The third-order valence-corrected chi connectivity index (χ3v) is 2.95. The first-order valence-corrected chi connectivity index (χ1v) is 6.07. The molecule has 0 aromatic heterocycles. The molecule has 0 fully saturated rings. The van der Waals surface area contributed by atoms with Gasteiger partial charge >= 0.3 is 0 Å². The highest BCUT2D eigenvalue weighted by Crippen LogP contribution is 2.22. The fraction of sp³-hybridized carbons (Fsp3) is 0.188. The molecule has 2 aromatic rings. The molecule has 2 rings (SSSR count). The van der Waals surface area contributed by atoms with Crippen LogP contribution in [0.25, 0.3) is 11.1 Å². The van der Waals surface area contributed by atoms with Gasteiger partial charge in [-0.3, -0.25) is 4.79 Å². The second kappa shape index (κ2) is 5.61. The van der Waals surface area contributed by atoms with Gasteiger partial charge in [0.05, 0.1) is 0 Å². The molecule has 2 aromatic carbocycles. The molecule has 0 aliphatic heterocycles. The van der Waals surface area contributed by atoms with Crippen LogP contribution in [0.3, 0.4) is 0 Å². The quantitative estimate of drug-likeness (QED) is 0.889. The van der Waals surface area contributed by atoms with Crippen molar-refractivity contribution in [3.63, 3.8) is 0 Å². The highest BCUT2D eigenvalue weighted by Gasteiger charge is 2.08. The normalized spacial score (nSPS) is 12.1. The van der Waals surface area contributed by atoms with E-state index in [-0.39, 0.29) is 11.8 Å². The number of hydrogen-bond donors (Lipinski definition) is 1. The van der Waals surface area contributed by atoms with E-state index in [0.29, 0.717) is 6.42 Å². The molecule has 1 atom stereocenters. The topological polar surface area (TPSA) is 43.1 Å². The summed E-state index contributed by atoms with van der Waals surface area (Å²) in [4.78, 5) is 11.0. The molecular formula is C16H17NO. The van der Waals surface area contributed by atoms with E-state index in [1.54, 1.807) is 6.92 Å². The molecule has 0 heterocycles. The van der Waals surface area contributed by atoms with E-state index in [4.69, 9.17) is 5.73 Å². The maximum atomic E-state index is 11.0. The van der Waals surface area contributed by atoms with Gasteiger partial charge in [0, 0.05) is 12.5 Å².